The Balaban J connectivity index is 1.98. The Hall–Kier alpha value is -2.76. The van der Waals surface area contributed by atoms with Gasteiger partial charge in [0.15, 0.2) is 0 Å². The van der Waals surface area contributed by atoms with Crippen LogP contribution in [0.5, 0.6) is 0 Å². The predicted octanol–water partition coefficient (Wildman–Crippen LogP) is 1.99. The number of hydrogen-bond acceptors (Lipinski definition) is 4. The number of anilines is 2. The molecule has 0 aliphatic carbocycles. The molecule has 0 bridgehead atoms. The van der Waals surface area contributed by atoms with Crippen molar-refractivity contribution in [2.24, 2.45) is 0 Å². The first-order valence-corrected chi connectivity index (χ1v) is 5.31. The fourth-order valence-corrected chi connectivity index (χ4v) is 1.79. The lowest BCUT2D eigenvalue weighted by atomic mass is 10.1. The molecule has 3 aromatic rings. The largest absolute Gasteiger partial charge is 0.399 e. The highest BCUT2D eigenvalue weighted by atomic mass is 16.5. The summed E-state index contributed by atoms with van der Waals surface area (Å²) >= 11 is 0. The van der Waals surface area contributed by atoms with Crippen LogP contribution >= 0.6 is 0 Å². The third-order valence-electron chi connectivity index (χ3n) is 2.64. The minimum atomic E-state index is -0.241. The van der Waals surface area contributed by atoms with E-state index in [-0.39, 0.29) is 5.91 Å². The molecule has 0 atom stereocenters. The zero-order chi connectivity index (χ0) is 12.5. The van der Waals surface area contributed by atoms with Gasteiger partial charge in [0.25, 0.3) is 5.91 Å². The molecular weight excluding hydrogens is 232 g/mol. The molecule has 0 radical (unpaired) electrons. The molecular formula is C12H10N4O2. The monoisotopic (exact) mass is 242 g/mol. The second kappa shape index (κ2) is 3.92. The van der Waals surface area contributed by atoms with E-state index < -0.39 is 0 Å². The molecule has 0 spiro atoms. The standard InChI is InChI=1S/C12H10N4O2/c13-7-1-2-11-9(3-7)10(5-14-11)12(17)16-8-4-15-18-6-8/h1-6,14H,13H2,(H,16,17). The van der Waals surface area contributed by atoms with Gasteiger partial charge in [-0.15, -0.1) is 0 Å². The lowest BCUT2D eigenvalue weighted by molar-refractivity contribution is 0.102. The number of benzene rings is 1. The number of hydrogen-bond donors (Lipinski definition) is 3. The summed E-state index contributed by atoms with van der Waals surface area (Å²) in [6, 6.07) is 5.37. The molecule has 1 aromatic carbocycles. The third-order valence-corrected chi connectivity index (χ3v) is 2.64. The second-order valence-electron chi connectivity index (χ2n) is 3.87. The zero-order valence-corrected chi connectivity index (χ0v) is 9.31. The molecule has 0 saturated heterocycles. The highest BCUT2D eigenvalue weighted by Crippen LogP contribution is 2.21. The summed E-state index contributed by atoms with van der Waals surface area (Å²) in [6.07, 6.45) is 4.44. The average Bonchev–Trinajstić information content (AvgIpc) is 2.97. The highest BCUT2D eigenvalue weighted by Gasteiger charge is 2.13. The lowest BCUT2D eigenvalue weighted by Crippen LogP contribution is -2.10. The zero-order valence-electron chi connectivity index (χ0n) is 9.31. The fraction of sp³-hybridized carbons (Fsp3) is 0. The molecule has 2 aromatic heterocycles. The molecule has 6 heteroatoms. The molecule has 18 heavy (non-hydrogen) atoms. The van der Waals surface area contributed by atoms with E-state index in [0.29, 0.717) is 16.9 Å². The minimum Gasteiger partial charge on any atom is -0.399 e. The van der Waals surface area contributed by atoms with E-state index in [2.05, 4.69) is 20.0 Å². The molecule has 0 aliphatic heterocycles. The Morgan fingerprint density at radius 3 is 3.11 bits per heavy atom. The molecule has 3 rings (SSSR count). The van der Waals surface area contributed by atoms with Crippen LogP contribution < -0.4 is 11.1 Å². The molecule has 0 fully saturated rings. The van der Waals surface area contributed by atoms with E-state index >= 15 is 0 Å². The Morgan fingerprint density at radius 2 is 2.33 bits per heavy atom. The van der Waals surface area contributed by atoms with Gasteiger partial charge in [-0.2, -0.15) is 0 Å². The fourth-order valence-electron chi connectivity index (χ4n) is 1.79. The highest BCUT2D eigenvalue weighted by molar-refractivity contribution is 6.13. The van der Waals surface area contributed by atoms with Crippen molar-refractivity contribution in [2.75, 3.05) is 11.1 Å². The van der Waals surface area contributed by atoms with Crippen molar-refractivity contribution in [1.82, 2.24) is 10.1 Å². The number of fused-ring (bicyclic) bond motifs is 1. The maximum atomic E-state index is 12.1. The van der Waals surface area contributed by atoms with Gasteiger partial charge in [-0.25, -0.2) is 0 Å². The first-order valence-electron chi connectivity index (χ1n) is 5.31. The topological polar surface area (TPSA) is 96.9 Å². The Kier molecular flexibility index (Phi) is 2.26. The molecule has 2 heterocycles. The van der Waals surface area contributed by atoms with Gasteiger partial charge >= 0.3 is 0 Å². The SMILES string of the molecule is Nc1ccc2[nH]cc(C(=O)Nc3cnoc3)c2c1. The molecule has 90 valence electrons. The van der Waals surface area contributed by atoms with Crippen LogP contribution in [0, 0.1) is 0 Å². The smallest absolute Gasteiger partial charge is 0.257 e. The molecule has 4 N–H and O–H groups in total. The van der Waals surface area contributed by atoms with Crippen LogP contribution in [0.3, 0.4) is 0 Å². The van der Waals surface area contributed by atoms with Crippen LogP contribution in [0.2, 0.25) is 0 Å². The lowest BCUT2D eigenvalue weighted by Gasteiger charge is -2.00. The summed E-state index contributed by atoms with van der Waals surface area (Å²) in [6.45, 7) is 0. The maximum Gasteiger partial charge on any atom is 0.257 e. The van der Waals surface area contributed by atoms with Gasteiger partial charge < -0.3 is 20.6 Å². The number of carbonyl (C=O) groups is 1. The minimum absolute atomic E-state index is 0.241. The van der Waals surface area contributed by atoms with E-state index in [4.69, 9.17) is 5.73 Å². The van der Waals surface area contributed by atoms with Gasteiger partial charge in [0.05, 0.1) is 11.8 Å². The Labute approximate surface area is 102 Å². The number of amides is 1. The second-order valence-corrected chi connectivity index (χ2v) is 3.87. The molecule has 0 saturated carbocycles. The number of rotatable bonds is 2. The summed E-state index contributed by atoms with van der Waals surface area (Å²) in [7, 11) is 0. The summed E-state index contributed by atoms with van der Waals surface area (Å²) in [5.41, 5.74) is 8.23. The number of aromatic amines is 1. The van der Waals surface area contributed by atoms with E-state index in [1.165, 1.54) is 12.5 Å². The van der Waals surface area contributed by atoms with Gasteiger partial charge in [0.1, 0.15) is 12.0 Å². The first-order chi connectivity index (χ1) is 8.74. The van der Waals surface area contributed by atoms with Crippen molar-refractivity contribution >= 4 is 28.2 Å². The normalized spacial score (nSPS) is 10.7. The summed E-state index contributed by atoms with van der Waals surface area (Å²) in [5, 5.41) is 6.98. The van der Waals surface area contributed by atoms with Crippen LogP contribution in [-0.2, 0) is 0 Å². The number of nitrogen functional groups attached to an aromatic ring is 1. The third kappa shape index (κ3) is 1.69. The predicted molar refractivity (Wildman–Crippen MR) is 67.2 cm³/mol. The van der Waals surface area contributed by atoms with E-state index in [0.717, 1.165) is 10.9 Å². The summed E-state index contributed by atoms with van der Waals surface area (Å²) in [4.78, 5) is 15.1. The maximum absolute atomic E-state index is 12.1. The van der Waals surface area contributed by atoms with Crippen molar-refractivity contribution in [3.63, 3.8) is 0 Å². The van der Waals surface area contributed by atoms with Crippen molar-refractivity contribution in [3.8, 4) is 0 Å². The van der Waals surface area contributed by atoms with Gasteiger partial charge in [-0.3, -0.25) is 4.79 Å². The van der Waals surface area contributed by atoms with Gasteiger partial charge in [-0.1, -0.05) is 5.16 Å². The van der Waals surface area contributed by atoms with E-state index in [1.54, 1.807) is 18.3 Å². The number of nitrogens with two attached hydrogens (primary N) is 1. The van der Waals surface area contributed by atoms with Crippen molar-refractivity contribution in [1.29, 1.82) is 0 Å². The number of H-pyrrole nitrogens is 1. The van der Waals surface area contributed by atoms with Crippen LogP contribution in [0.4, 0.5) is 11.4 Å². The van der Waals surface area contributed by atoms with Gasteiger partial charge in [0.2, 0.25) is 0 Å². The molecule has 0 aliphatic rings. The van der Waals surface area contributed by atoms with Crippen molar-refractivity contribution < 1.29 is 9.32 Å². The van der Waals surface area contributed by atoms with Crippen LogP contribution in [0.25, 0.3) is 10.9 Å². The Bertz CT molecular complexity index is 700. The summed E-state index contributed by atoms with van der Waals surface area (Å²) in [5.74, 6) is -0.241. The van der Waals surface area contributed by atoms with E-state index in [9.17, 15) is 4.79 Å². The van der Waals surface area contributed by atoms with Crippen LogP contribution in [-0.4, -0.2) is 16.0 Å². The van der Waals surface area contributed by atoms with Gasteiger partial charge in [-0.05, 0) is 18.2 Å². The average molecular weight is 242 g/mol. The Morgan fingerprint density at radius 1 is 1.44 bits per heavy atom. The van der Waals surface area contributed by atoms with E-state index in [1.807, 2.05) is 6.07 Å². The quantitative estimate of drug-likeness (QED) is 0.598. The number of nitrogens with one attached hydrogen (secondary N) is 2. The van der Waals surface area contributed by atoms with Crippen LogP contribution in [0.1, 0.15) is 10.4 Å². The van der Waals surface area contributed by atoms with Gasteiger partial charge in [0, 0.05) is 22.8 Å². The number of nitrogens with zero attached hydrogens (tertiary/aromatic N) is 1. The van der Waals surface area contributed by atoms with Crippen molar-refractivity contribution in [3.05, 3.63) is 42.4 Å². The van der Waals surface area contributed by atoms with Crippen molar-refractivity contribution in [2.45, 2.75) is 0 Å². The molecule has 6 nitrogen and oxygen atoms in total. The number of carbonyl (C=O) groups excluding carboxylic acids is 1. The summed E-state index contributed by atoms with van der Waals surface area (Å²) < 4.78 is 4.65. The number of aromatic nitrogens is 2. The first kappa shape index (κ1) is 10.4. The molecule has 1 amide bonds. The molecule has 0 unspecified atom stereocenters. The van der Waals surface area contributed by atoms with Crippen LogP contribution in [0.15, 0.2) is 41.4 Å².